The molecule has 1 aromatic heterocycles. The molecule has 2 heterocycles. The predicted octanol–water partition coefficient (Wildman–Crippen LogP) is 3.66. The number of hydrogen-bond acceptors (Lipinski definition) is 4. The summed E-state index contributed by atoms with van der Waals surface area (Å²) < 4.78 is 0. The number of nitro benzene ring substituents is 1. The van der Waals surface area contributed by atoms with Crippen LogP contribution in [0.3, 0.4) is 0 Å². The van der Waals surface area contributed by atoms with E-state index in [1.165, 1.54) is 12.1 Å². The Morgan fingerprint density at radius 3 is 2.68 bits per heavy atom. The number of hydrogen-bond donors (Lipinski definition) is 0. The maximum Gasteiger partial charge on any atom is 0.269 e. The predicted molar refractivity (Wildman–Crippen MR) is 85.9 cm³/mol. The van der Waals surface area contributed by atoms with Crippen LogP contribution in [0.1, 0.15) is 24.0 Å². The molecular formula is C17H15N3O2. The van der Waals surface area contributed by atoms with Gasteiger partial charge in [-0.15, -0.1) is 0 Å². The van der Waals surface area contributed by atoms with Crippen LogP contribution in [0, 0.1) is 10.1 Å². The fraction of sp³-hybridized carbons (Fsp3) is 0.176. The zero-order valence-electron chi connectivity index (χ0n) is 12.0. The molecule has 1 aromatic carbocycles. The second-order valence-electron chi connectivity index (χ2n) is 5.09. The van der Waals surface area contributed by atoms with E-state index >= 15 is 0 Å². The number of nitrogens with zero attached hydrogens (tertiary/aromatic N) is 3. The zero-order valence-corrected chi connectivity index (χ0v) is 12.0. The topological polar surface area (TPSA) is 68.4 Å². The molecular weight excluding hydrogens is 278 g/mol. The summed E-state index contributed by atoms with van der Waals surface area (Å²) in [6.07, 6.45) is 7.57. The van der Waals surface area contributed by atoms with Crippen molar-refractivity contribution in [3.63, 3.8) is 0 Å². The molecule has 5 nitrogen and oxygen atoms in total. The normalized spacial score (nSPS) is 16.4. The maximum atomic E-state index is 10.7. The summed E-state index contributed by atoms with van der Waals surface area (Å²) in [6.45, 7) is 0.821. The van der Waals surface area contributed by atoms with E-state index in [1.807, 2.05) is 18.3 Å². The molecule has 0 fully saturated rings. The average Bonchev–Trinajstić information content (AvgIpc) is 2.57. The van der Waals surface area contributed by atoms with Gasteiger partial charge in [0.05, 0.1) is 10.6 Å². The lowest BCUT2D eigenvalue weighted by atomic mass is 9.95. The Bertz CT molecular complexity index is 734. The molecule has 0 N–H and O–H groups in total. The molecule has 22 heavy (non-hydrogen) atoms. The van der Waals surface area contributed by atoms with Crippen molar-refractivity contribution < 1.29 is 4.92 Å². The molecule has 0 unspecified atom stereocenters. The average molecular weight is 293 g/mol. The van der Waals surface area contributed by atoms with Gasteiger partial charge >= 0.3 is 0 Å². The number of rotatable bonds is 3. The summed E-state index contributed by atoms with van der Waals surface area (Å²) >= 11 is 0. The lowest BCUT2D eigenvalue weighted by Crippen LogP contribution is -2.11. The van der Waals surface area contributed by atoms with Crippen molar-refractivity contribution >= 4 is 17.5 Å². The maximum absolute atomic E-state index is 10.7. The summed E-state index contributed by atoms with van der Waals surface area (Å²) in [5.74, 6) is 0. The van der Waals surface area contributed by atoms with Gasteiger partial charge in [-0.1, -0.05) is 0 Å². The van der Waals surface area contributed by atoms with Crippen molar-refractivity contribution in [2.75, 3.05) is 6.54 Å². The van der Waals surface area contributed by atoms with Crippen LogP contribution in [-0.4, -0.2) is 22.2 Å². The van der Waals surface area contributed by atoms with Crippen molar-refractivity contribution in [1.29, 1.82) is 0 Å². The Morgan fingerprint density at radius 2 is 2.00 bits per heavy atom. The Hall–Kier alpha value is -2.82. The fourth-order valence-corrected chi connectivity index (χ4v) is 2.49. The number of nitro groups is 1. The molecule has 0 amide bonds. The van der Waals surface area contributed by atoms with E-state index in [2.05, 4.69) is 16.1 Å². The highest BCUT2D eigenvalue weighted by atomic mass is 16.6. The van der Waals surface area contributed by atoms with Crippen molar-refractivity contribution in [2.24, 2.45) is 4.99 Å². The van der Waals surface area contributed by atoms with Crippen LogP contribution in [0.5, 0.6) is 0 Å². The smallest absolute Gasteiger partial charge is 0.269 e. The third kappa shape index (κ3) is 3.09. The van der Waals surface area contributed by atoms with Crippen molar-refractivity contribution in [3.8, 4) is 0 Å². The lowest BCUT2D eigenvalue weighted by molar-refractivity contribution is -0.384. The monoisotopic (exact) mass is 293 g/mol. The minimum Gasteiger partial charge on any atom is -0.284 e. The van der Waals surface area contributed by atoms with Crippen LogP contribution in [0.4, 0.5) is 5.69 Å². The van der Waals surface area contributed by atoms with Crippen molar-refractivity contribution in [1.82, 2.24) is 4.98 Å². The number of non-ortho nitro benzene ring substituents is 1. The molecule has 110 valence electrons. The van der Waals surface area contributed by atoms with Gasteiger partial charge in [-0.3, -0.25) is 20.1 Å². The van der Waals surface area contributed by atoms with Gasteiger partial charge in [-0.2, -0.15) is 0 Å². The van der Waals surface area contributed by atoms with E-state index in [-0.39, 0.29) is 10.6 Å². The third-order valence-electron chi connectivity index (χ3n) is 3.56. The Morgan fingerprint density at radius 1 is 1.18 bits per heavy atom. The first-order valence-electron chi connectivity index (χ1n) is 7.14. The molecule has 0 radical (unpaired) electrons. The Kier molecular flexibility index (Phi) is 4.05. The molecule has 0 saturated heterocycles. The molecule has 0 aliphatic carbocycles. The van der Waals surface area contributed by atoms with E-state index < -0.39 is 0 Å². The van der Waals surface area contributed by atoms with E-state index in [0.29, 0.717) is 0 Å². The van der Waals surface area contributed by atoms with Crippen LogP contribution >= 0.6 is 0 Å². The zero-order chi connectivity index (χ0) is 15.4. The minimum absolute atomic E-state index is 0.104. The SMILES string of the molecule is O=[N+]([O-])c1ccc(/C=C2\CCCN=C2c2cccnc2)cc1. The van der Waals surface area contributed by atoms with Gasteiger partial charge in [0.2, 0.25) is 0 Å². The summed E-state index contributed by atoms with van der Waals surface area (Å²) in [5, 5.41) is 10.7. The van der Waals surface area contributed by atoms with Crippen LogP contribution in [-0.2, 0) is 0 Å². The summed E-state index contributed by atoms with van der Waals surface area (Å²) in [6, 6.07) is 10.5. The molecule has 0 spiro atoms. The van der Waals surface area contributed by atoms with Crippen molar-refractivity contribution in [3.05, 3.63) is 75.6 Å². The number of pyridine rings is 1. The van der Waals surface area contributed by atoms with Gasteiger partial charge in [0.15, 0.2) is 0 Å². The standard InChI is InChI=1S/C17H15N3O2/c21-20(22)16-7-5-13(6-8-16)11-14-3-2-10-19-17(14)15-4-1-9-18-12-15/h1,4-9,11-12H,2-3,10H2/b14-11+. The van der Waals surface area contributed by atoms with E-state index in [9.17, 15) is 10.1 Å². The molecule has 3 rings (SSSR count). The first-order valence-corrected chi connectivity index (χ1v) is 7.14. The summed E-state index contributed by atoms with van der Waals surface area (Å²) in [4.78, 5) is 19.1. The number of aliphatic imine (C=N–C) groups is 1. The van der Waals surface area contributed by atoms with Crippen LogP contribution in [0.25, 0.3) is 6.08 Å². The second kappa shape index (κ2) is 6.30. The number of allylic oxidation sites excluding steroid dienone is 1. The molecule has 1 aliphatic heterocycles. The largest absolute Gasteiger partial charge is 0.284 e. The van der Waals surface area contributed by atoms with E-state index in [1.54, 1.807) is 18.3 Å². The van der Waals surface area contributed by atoms with Gasteiger partial charge in [0.25, 0.3) is 5.69 Å². The molecule has 2 aromatic rings. The summed E-state index contributed by atoms with van der Waals surface area (Å²) in [5.41, 5.74) is 4.17. The number of aromatic nitrogens is 1. The number of benzene rings is 1. The van der Waals surface area contributed by atoms with Crippen LogP contribution in [0.15, 0.2) is 59.4 Å². The van der Waals surface area contributed by atoms with Crippen LogP contribution < -0.4 is 0 Å². The van der Waals surface area contributed by atoms with Crippen molar-refractivity contribution in [2.45, 2.75) is 12.8 Å². The molecule has 0 saturated carbocycles. The van der Waals surface area contributed by atoms with Gasteiger partial charge in [0, 0.05) is 36.6 Å². The van der Waals surface area contributed by atoms with Gasteiger partial charge in [-0.25, -0.2) is 0 Å². The summed E-state index contributed by atoms with van der Waals surface area (Å²) in [7, 11) is 0. The lowest BCUT2D eigenvalue weighted by Gasteiger charge is -2.16. The fourth-order valence-electron chi connectivity index (χ4n) is 2.49. The second-order valence-corrected chi connectivity index (χ2v) is 5.09. The highest BCUT2D eigenvalue weighted by Crippen LogP contribution is 2.22. The first kappa shape index (κ1) is 14.1. The van der Waals surface area contributed by atoms with Gasteiger partial charge in [0.1, 0.15) is 0 Å². The Balaban J connectivity index is 1.93. The highest BCUT2D eigenvalue weighted by Gasteiger charge is 2.14. The van der Waals surface area contributed by atoms with E-state index in [0.717, 1.165) is 41.8 Å². The molecule has 5 heteroatoms. The quantitative estimate of drug-likeness (QED) is 0.640. The van der Waals surface area contributed by atoms with Gasteiger partial charge < -0.3 is 0 Å². The third-order valence-corrected chi connectivity index (χ3v) is 3.56. The minimum atomic E-state index is -0.389. The molecule has 0 atom stereocenters. The molecule has 0 bridgehead atoms. The van der Waals surface area contributed by atoms with Crippen LogP contribution in [0.2, 0.25) is 0 Å². The molecule has 1 aliphatic rings. The first-order chi connectivity index (χ1) is 10.7. The Labute approximate surface area is 128 Å². The van der Waals surface area contributed by atoms with E-state index in [4.69, 9.17) is 0 Å². The highest BCUT2D eigenvalue weighted by molar-refractivity contribution is 6.15. The van der Waals surface area contributed by atoms with Gasteiger partial charge in [-0.05, 0) is 54.3 Å².